The smallest absolute Gasteiger partial charge is 0.310 e. The Balaban J connectivity index is 1.32. The molecule has 0 amide bonds. The number of fused-ring (bicyclic) bond motifs is 7. The van der Waals surface area contributed by atoms with E-state index in [2.05, 4.69) is 54.5 Å². The van der Waals surface area contributed by atoms with Crippen LogP contribution in [0.15, 0.2) is 11.6 Å². The highest BCUT2D eigenvalue weighted by Crippen LogP contribution is 2.76. The molecular formula is C36H58O9. The second-order valence-corrected chi connectivity index (χ2v) is 18.0. The SMILES string of the molecule is CC1(C)CCC2(C(=O)O)CCC3(C)C(=CCC4C5(C)CC(O)C(OC6OC(CO)C(O)C(O)C6O)C(C)(C)C5CCC43C)C2C1. The van der Waals surface area contributed by atoms with Crippen molar-refractivity contribution in [3.05, 3.63) is 11.6 Å². The van der Waals surface area contributed by atoms with Crippen molar-refractivity contribution in [3.8, 4) is 0 Å². The van der Waals surface area contributed by atoms with Crippen LogP contribution in [-0.2, 0) is 14.3 Å². The molecule has 1 aliphatic heterocycles. The van der Waals surface area contributed by atoms with E-state index in [4.69, 9.17) is 9.47 Å². The lowest BCUT2D eigenvalue weighted by Gasteiger charge is -2.71. The first-order valence-corrected chi connectivity index (χ1v) is 17.4. The van der Waals surface area contributed by atoms with Crippen LogP contribution in [0.25, 0.3) is 0 Å². The first-order valence-electron chi connectivity index (χ1n) is 17.4. The Bertz CT molecular complexity index is 1210. The maximum Gasteiger partial charge on any atom is 0.310 e. The third-order valence-electron chi connectivity index (χ3n) is 15.1. The maximum atomic E-state index is 12.9. The van der Waals surface area contributed by atoms with Gasteiger partial charge in [0, 0.05) is 0 Å². The van der Waals surface area contributed by atoms with E-state index in [0.29, 0.717) is 12.8 Å². The summed E-state index contributed by atoms with van der Waals surface area (Å²) >= 11 is 0. The Kier molecular flexibility index (Phi) is 8.05. The first-order chi connectivity index (χ1) is 20.8. The van der Waals surface area contributed by atoms with E-state index < -0.39 is 66.3 Å². The lowest BCUT2D eigenvalue weighted by Crippen LogP contribution is -2.68. The van der Waals surface area contributed by atoms with Gasteiger partial charge in [0.05, 0.1) is 24.2 Å². The van der Waals surface area contributed by atoms with Gasteiger partial charge in [-0.2, -0.15) is 0 Å². The average Bonchev–Trinajstić information content (AvgIpc) is 2.94. The second kappa shape index (κ2) is 10.7. The molecule has 9 heteroatoms. The summed E-state index contributed by atoms with van der Waals surface area (Å²) in [7, 11) is 0. The maximum absolute atomic E-state index is 12.9. The molecule has 0 aromatic heterocycles. The molecule has 0 aromatic carbocycles. The fraction of sp³-hybridized carbons (Fsp3) is 0.917. The van der Waals surface area contributed by atoms with E-state index in [-0.39, 0.29) is 39.4 Å². The van der Waals surface area contributed by atoms with Crippen LogP contribution < -0.4 is 0 Å². The zero-order chi connectivity index (χ0) is 33.1. The number of hydrogen-bond acceptors (Lipinski definition) is 8. The van der Waals surface area contributed by atoms with E-state index >= 15 is 0 Å². The Morgan fingerprint density at radius 3 is 2.20 bits per heavy atom. The topological polar surface area (TPSA) is 157 Å². The minimum Gasteiger partial charge on any atom is -0.481 e. The number of aliphatic hydroxyl groups is 5. The lowest BCUT2D eigenvalue weighted by molar-refractivity contribution is -0.341. The van der Waals surface area contributed by atoms with Crippen LogP contribution in [0.2, 0.25) is 0 Å². The Labute approximate surface area is 268 Å². The van der Waals surface area contributed by atoms with Crippen molar-refractivity contribution < 1.29 is 44.9 Å². The number of aliphatic hydroxyl groups excluding tert-OH is 5. The van der Waals surface area contributed by atoms with Crippen LogP contribution in [0.4, 0.5) is 0 Å². The van der Waals surface area contributed by atoms with Crippen LogP contribution in [0.3, 0.4) is 0 Å². The Morgan fingerprint density at radius 2 is 1.56 bits per heavy atom. The number of ether oxygens (including phenoxy) is 2. The molecule has 1 saturated heterocycles. The zero-order valence-corrected chi connectivity index (χ0v) is 28.3. The van der Waals surface area contributed by atoms with Crippen molar-refractivity contribution in [2.24, 2.45) is 50.2 Å². The molecule has 4 saturated carbocycles. The zero-order valence-electron chi connectivity index (χ0n) is 28.3. The van der Waals surface area contributed by atoms with Gasteiger partial charge in [-0.1, -0.05) is 60.1 Å². The summed E-state index contributed by atoms with van der Waals surface area (Å²) in [6, 6.07) is 0. The minimum absolute atomic E-state index is 0.0468. The fourth-order valence-electron chi connectivity index (χ4n) is 12.3. The first kappa shape index (κ1) is 33.8. The highest BCUT2D eigenvalue weighted by molar-refractivity contribution is 5.76. The summed E-state index contributed by atoms with van der Waals surface area (Å²) in [4.78, 5) is 12.9. The normalized spacial score (nSPS) is 53.6. The summed E-state index contributed by atoms with van der Waals surface area (Å²) in [6.07, 6.45) is 1.43. The van der Waals surface area contributed by atoms with E-state index in [1.807, 2.05) is 0 Å². The van der Waals surface area contributed by atoms with Gasteiger partial charge in [0.1, 0.15) is 24.4 Å². The van der Waals surface area contributed by atoms with E-state index in [9.17, 15) is 35.4 Å². The molecule has 1 heterocycles. The molecule has 9 nitrogen and oxygen atoms in total. The average molecular weight is 635 g/mol. The summed E-state index contributed by atoms with van der Waals surface area (Å²) in [5.74, 6) is -0.106. The molecule has 0 aromatic rings. The van der Waals surface area contributed by atoms with Gasteiger partial charge < -0.3 is 40.1 Å². The summed E-state index contributed by atoms with van der Waals surface area (Å²) in [6.45, 7) is 15.5. The molecule has 0 radical (unpaired) electrons. The van der Waals surface area contributed by atoms with Crippen LogP contribution in [-0.4, -0.2) is 86.1 Å². The lowest BCUT2D eigenvalue weighted by atomic mass is 9.33. The molecule has 5 aliphatic carbocycles. The summed E-state index contributed by atoms with van der Waals surface area (Å²) < 4.78 is 12.0. The Morgan fingerprint density at radius 1 is 0.889 bits per heavy atom. The minimum atomic E-state index is -1.54. The highest BCUT2D eigenvalue weighted by atomic mass is 16.7. The van der Waals surface area contributed by atoms with Gasteiger partial charge >= 0.3 is 5.97 Å². The molecule has 0 spiro atoms. The number of carboxylic acid groups (broad SMARTS) is 1. The van der Waals surface area contributed by atoms with Gasteiger partial charge in [0.2, 0.25) is 0 Å². The molecular weight excluding hydrogens is 576 g/mol. The largest absolute Gasteiger partial charge is 0.481 e. The number of allylic oxidation sites excluding steroid dienone is 2. The molecule has 6 rings (SSSR count). The van der Waals surface area contributed by atoms with Crippen molar-refractivity contribution in [1.29, 1.82) is 0 Å². The van der Waals surface area contributed by atoms with Crippen LogP contribution >= 0.6 is 0 Å². The standard InChI is InChI=1S/C36H58O9/c1-31(2)12-14-36(30(42)43)15-13-34(6)19(20(36)16-31)8-9-24-33(5)17-21(38)28(32(3,4)23(33)10-11-35(24,34)7)45-29-27(41)26(40)25(39)22(18-37)44-29/h8,20-29,37-41H,9-18H2,1-7H3,(H,42,43). The van der Waals surface area contributed by atoms with Crippen LogP contribution in [0, 0.1) is 50.2 Å². The van der Waals surface area contributed by atoms with Crippen LogP contribution in [0.1, 0.15) is 106 Å². The molecule has 45 heavy (non-hydrogen) atoms. The van der Waals surface area contributed by atoms with E-state index in [1.54, 1.807) is 0 Å². The predicted octanol–water partition coefficient (Wildman–Crippen LogP) is 4.03. The molecule has 6 aliphatic rings. The molecule has 14 unspecified atom stereocenters. The van der Waals surface area contributed by atoms with Crippen molar-refractivity contribution >= 4 is 5.97 Å². The Hall–Kier alpha value is -1.07. The van der Waals surface area contributed by atoms with E-state index in [0.717, 1.165) is 44.9 Å². The molecule has 0 bridgehead atoms. The van der Waals surface area contributed by atoms with Crippen molar-refractivity contribution in [1.82, 2.24) is 0 Å². The number of carboxylic acids is 1. The summed E-state index contributed by atoms with van der Waals surface area (Å²) in [5.41, 5.74) is -0.112. The van der Waals surface area contributed by atoms with Gasteiger partial charge in [-0.15, -0.1) is 0 Å². The van der Waals surface area contributed by atoms with E-state index in [1.165, 1.54) is 5.57 Å². The van der Waals surface area contributed by atoms with Gasteiger partial charge in [-0.05, 0) is 103 Å². The molecule has 6 N–H and O–H groups in total. The van der Waals surface area contributed by atoms with Gasteiger partial charge in [0.25, 0.3) is 0 Å². The van der Waals surface area contributed by atoms with Crippen molar-refractivity contribution in [2.75, 3.05) is 6.61 Å². The van der Waals surface area contributed by atoms with Gasteiger partial charge in [-0.25, -0.2) is 0 Å². The van der Waals surface area contributed by atoms with Crippen LogP contribution in [0.5, 0.6) is 0 Å². The third kappa shape index (κ3) is 4.61. The highest BCUT2D eigenvalue weighted by Gasteiger charge is 2.70. The van der Waals surface area contributed by atoms with Gasteiger partial charge in [-0.3, -0.25) is 4.79 Å². The molecule has 5 fully saturated rings. The molecule has 14 atom stereocenters. The van der Waals surface area contributed by atoms with Crippen molar-refractivity contribution in [2.45, 2.75) is 149 Å². The van der Waals surface area contributed by atoms with Gasteiger partial charge in [0.15, 0.2) is 6.29 Å². The predicted molar refractivity (Wildman–Crippen MR) is 167 cm³/mol. The monoisotopic (exact) mass is 634 g/mol. The fourth-order valence-corrected chi connectivity index (χ4v) is 12.3. The second-order valence-electron chi connectivity index (χ2n) is 18.0. The number of aliphatic carboxylic acids is 1. The number of rotatable bonds is 4. The molecule has 256 valence electrons. The number of carbonyl (C=O) groups is 1. The van der Waals surface area contributed by atoms with Crippen molar-refractivity contribution in [3.63, 3.8) is 0 Å². The third-order valence-corrected chi connectivity index (χ3v) is 15.1. The number of hydrogen-bond donors (Lipinski definition) is 6. The summed E-state index contributed by atoms with van der Waals surface area (Å²) in [5, 5.41) is 63.5. The quantitative estimate of drug-likeness (QED) is 0.199.